The second kappa shape index (κ2) is 13.0. The largest absolute Gasteiger partial charge is 0.456 e. The second-order valence-corrected chi connectivity index (χ2v) is 17.4. The summed E-state index contributed by atoms with van der Waals surface area (Å²) in [5, 5.41) is 7.12. The number of nitrogens with zero attached hydrogens (tertiary/aromatic N) is 5. The first-order valence-electron chi connectivity index (χ1n) is 22.3. The molecule has 3 aliphatic carbocycles. The molecule has 0 aliphatic heterocycles. The summed E-state index contributed by atoms with van der Waals surface area (Å²) in [6.45, 7) is 0. The summed E-state index contributed by atoms with van der Waals surface area (Å²) in [5.74, 6) is 1.87. The van der Waals surface area contributed by atoms with Gasteiger partial charge < -0.3 is 8.98 Å². The van der Waals surface area contributed by atoms with Crippen molar-refractivity contribution in [3.8, 4) is 34.4 Å². The predicted octanol–water partition coefficient (Wildman–Crippen LogP) is 14.3. The molecule has 9 aromatic carbocycles. The van der Waals surface area contributed by atoms with Crippen LogP contribution in [0.2, 0.25) is 0 Å². The number of furan rings is 1. The topological polar surface area (TPSA) is 61.7 Å². The highest BCUT2D eigenvalue weighted by Crippen LogP contribution is 2.60. The molecule has 0 saturated heterocycles. The predicted molar refractivity (Wildman–Crippen MR) is 261 cm³/mol. The molecule has 0 spiro atoms. The molecule has 0 saturated carbocycles. The zero-order valence-corrected chi connectivity index (χ0v) is 34.9. The fourth-order valence-corrected chi connectivity index (χ4v) is 11.6. The van der Waals surface area contributed by atoms with Gasteiger partial charge in [0.25, 0.3) is 0 Å². The van der Waals surface area contributed by atoms with Crippen LogP contribution in [-0.2, 0) is 0 Å². The Hall–Kier alpha value is -8.61. The monoisotopic (exact) mass is 829 g/mol. The van der Waals surface area contributed by atoms with Crippen molar-refractivity contribution in [1.29, 1.82) is 0 Å². The van der Waals surface area contributed by atoms with Crippen LogP contribution < -0.4 is 0 Å². The van der Waals surface area contributed by atoms with Crippen LogP contribution in [0.1, 0.15) is 45.2 Å². The van der Waals surface area contributed by atoms with E-state index in [0.717, 1.165) is 49.8 Å². The van der Waals surface area contributed by atoms with Crippen molar-refractivity contribution in [3.05, 3.63) is 234 Å². The first-order valence-corrected chi connectivity index (χ1v) is 22.3. The van der Waals surface area contributed by atoms with Gasteiger partial charge in [0.2, 0.25) is 5.95 Å². The molecule has 13 aromatic rings. The van der Waals surface area contributed by atoms with Crippen molar-refractivity contribution in [2.24, 2.45) is 0 Å². The van der Waals surface area contributed by atoms with Crippen molar-refractivity contribution in [2.45, 2.75) is 11.8 Å². The third kappa shape index (κ3) is 4.75. The highest BCUT2D eigenvalue weighted by atomic mass is 16.3. The fraction of sp³-hybridized carbons (Fsp3) is 0.0339. The zero-order valence-electron chi connectivity index (χ0n) is 34.9. The molecule has 6 nitrogen and oxygen atoms in total. The molecule has 0 N–H and O–H groups in total. The number of benzene rings is 9. The van der Waals surface area contributed by atoms with Crippen LogP contribution >= 0.6 is 0 Å². The van der Waals surface area contributed by atoms with Gasteiger partial charge in [0.1, 0.15) is 11.2 Å². The van der Waals surface area contributed by atoms with E-state index in [4.69, 9.17) is 19.4 Å². The van der Waals surface area contributed by atoms with E-state index in [1.807, 2.05) is 42.5 Å². The third-order valence-corrected chi connectivity index (χ3v) is 14.1. The van der Waals surface area contributed by atoms with Crippen molar-refractivity contribution in [2.75, 3.05) is 0 Å². The van der Waals surface area contributed by atoms with E-state index in [1.165, 1.54) is 66.0 Å². The standard InChI is InChI=1S/C59H35N5O/c1-3-15-34(16-4-1)57-60-58(35-27-32-50-44(33-35)37-19-11-14-26-49(37)65-50)62-59(61-57)64-46-25-13-10-23-41(46)53-48(64)31-29-43-51-38-20-7-8-21-39(38)54(56(43)53)55-42(51)28-30-47-52(55)40-22-9-12-24-45(40)63(47)36-17-5-2-6-18-36/h1-33,51,54H. The van der Waals surface area contributed by atoms with Gasteiger partial charge in [-0.05, 0) is 94.0 Å². The minimum absolute atomic E-state index is 0.00630. The van der Waals surface area contributed by atoms with E-state index in [0.29, 0.717) is 17.6 Å². The van der Waals surface area contributed by atoms with Gasteiger partial charge in [-0.3, -0.25) is 4.57 Å². The van der Waals surface area contributed by atoms with E-state index < -0.39 is 0 Å². The molecule has 16 rings (SSSR count). The summed E-state index contributed by atoms with van der Waals surface area (Å²) in [6, 6.07) is 71.8. The van der Waals surface area contributed by atoms with Crippen LogP contribution in [0.4, 0.5) is 0 Å². The number of hydrogen-bond donors (Lipinski definition) is 0. The van der Waals surface area contributed by atoms with Crippen LogP contribution in [0.15, 0.2) is 205 Å². The molecule has 6 heteroatoms. The number of hydrogen-bond acceptors (Lipinski definition) is 4. The van der Waals surface area contributed by atoms with E-state index in [9.17, 15) is 0 Å². The van der Waals surface area contributed by atoms with Crippen LogP contribution in [0.25, 0.3) is 100.0 Å². The molecule has 2 unspecified atom stereocenters. The Morgan fingerprint density at radius 3 is 1.60 bits per heavy atom. The zero-order chi connectivity index (χ0) is 42.3. The van der Waals surface area contributed by atoms with Crippen molar-refractivity contribution < 1.29 is 4.42 Å². The fourth-order valence-electron chi connectivity index (χ4n) is 11.6. The smallest absolute Gasteiger partial charge is 0.238 e. The van der Waals surface area contributed by atoms with Crippen LogP contribution in [-0.4, -0.2) is 24.1 Å². The lowest BCUT2D eigenvalue weighted by Gasteiger charge is -2.43. The summed E-state index contributed by atoms with van der Waals surface area (Å²) in [5.41, 5.74) is 17.5. The first kappa shape index (κ1) is 34.9. The van der Waals surface area contributed by atoms with Gasteiger partial charge in [0.05, 0.1) is 22.1 Å². The molecular formula is C59H35N5O. The normalized spacial score (nSPS) is 15.1. The lowest BCUT2D eigenvalue weighted by atomic mass is 9.59. The number of fused-ring (bicyclic) bond motifs is 9. The molecule has 2 atom stereocenters. The van der Waals surface area contributed by atoms with E-state index in [-0.39, 0.29) is 11.8 Å². The third-order valence-electron chi connectivity index (χ3n) is 14.1. The van der Waals surface area contributed by atoms with Crippen molar-refractivity contribution >= 4 is 65.6 Å². The summed E-state index contributed by atoms with van der Waals surface area (Å²) >= 11 is 0. The number of para-hydroxylation sites is 4. The van der Waals surface area contributed by atoms with Crippen LogP contribution in [0.3, 0.4) is 0 Å². The molecule has 3 aliphatic rings. The van der Waals surface area contributed by atoms with Gasteiger partial charge in [-0.25, -0.2) is 4.98 Å². The second-order valence-electron chi connectivity index (χ2n) is 17.4. The average Bonchev–Trinajstić information content (AvgIpc) is 4.04. The maximum atomic E-state index is 6.23. The van der Waals surface area contributed by atoms with Gasteiger partial charge in [-0.1, -0.05) is 140 Å². The van der Waals surface area contributed by atoms with E-state index in [2.05, 4.69) is 167 Å². The Morgan fingerprint density at radius 2 is 0.892 bits per heavy atom. The van der Waals surface area contributed by atoms with E-state index in [1.54, 1.807) is 0 Å². The highest BCUT2D eigenvalue weighted by Gasteiger charge is 2.44. The molecule has 4 aromatic heterocycles. The Bertz CT molecular complexity index is 4140. The van der Waals surface area contributed by atoms with Gasteiger partial charge >= 0.3 is 0 Å². The number of aromatic nitrogens is 5. The van der Waals surface area contributed by atoms with Gasteiger partial charge in [0.15, 0.2) is 11.6 Å². The maximum Gasteiger partial charge on any atom is 0.238 e. The summed E-state index contributed by atoms with van der Waals surface area (Å²) in [7, 11) is 0. The SMILES string of the molecule is c1ccc(-c2nc(-c3ccc4oc5ccccc5c4c3)nc(-n3c4ccccc4c4c5c(ccc43)C3c4ccccc4C5c4c3ccc3c4c4ccccc4n3-c3ccccc3)n2)cc1. The van der Waals surface area contributed by atoms with Gasteiger partial charge in [-0.15, -0.1) is 0 Å². The number of rotatable bonds is 4. The summed E-state index contributed by atoms with van der Waals surface area (Å²) < 4.78 is 10.9. The Kier molecular flexibility index (Phi) is 6.97. The molecule has 2 bridgehead atoms. The van der Waals surface area contributed by atoms with Crippen LogP contribution in [0.5, 0.6) is 0 Å². The Balaban J connectivity index is 1.02. The molecule has 0 fully saturated rings. The van der Waals surface area contributed by atoms with Crippen LogP contribution in [0, 0.1) is 0 Å². The lowest BCUT2D eigenvalue weighted by molar-refractivity contribution is 0.669. The molecule has 0 amide bonds. The molecule has 65 heavy (non-hydrogen) atoms. The van der Waals surface area contributed by atoms with Gasteiger partial charge in [-0.2, -0.15) is 9.97 Å². The minimum Gasteiger partial charge on any atom is -0.456 e. The minimum atomic E-state index is -0.00630. The molecular weight excluding hydrogens is 795 g/mol. The molecule has 302 valence electrons. The lowest BCUT2D eigenvalue weighted by Crippen LogP contribution is -2.28. The van der Waals surface area contributed by atoms with E-state index >= 15 is 0 Å². The quantitative estimate of drug-likeness (QED) is 0.177. The average molecular weight is 830 g/mol. The van der Waals surface area contributed by atoms with Crippen molar-refractivity contribution in [3.63, 3.8) is 0 Å². The van der Waals surface area contributed by atoms with Crippen molar-refractivity contribution in [1.82, 2.24) is 24.1 Å². The molecule has 0 radical (unpaired) electrons. The highest BCUT2D eigenvalue weighted by molar-refractivity contribution is 6.15. The maximum absolute atomic E-state index is 6.23. The Labute approximate surface area is 372 Å². The first-order chi connectivity index (χ1) is 32.3. The summed E-state index contributed by atoms with van der Waals surface area (Å²) in [4.78, 5) is 15.9. The summed E-state index contributed by atoms with van der Waals surface area (Å²) in [6.07, 6.45) is 0. The molecule has 4 heterocycles. The Morgan fingerprint density at radius 1 is 0.354 bits per heavy atom. The van der Waals surface area contributed by atoms with Gasteiger partial charge in [0, 0.05) is 61.0 Å².